The molecule has 0 saturated carbocycles. The average molecular weight is 273 g/mol. The third-order valence-corrected chi connectivity index (χ3v) is 3.36. The van der Waals surface area contributed by atoms with Gasteiger partial charge in [0.1, 0.15) is 0 Å². The third kappa shape index (κ3) is 3.67. The fourth-order valence-electron chi connectivity index (χ4n) is 1.20. The summed E-state index contributed by atoms with van der Waals surface area (Å²) in [6, 6.07) is 5.89. The number of nitrogens with zero attached hydrogens (tertiary/aromatic N) is 2. The van der Waals surface area contributed by atoms with E-state index in [-0.39, 0.29) is 40.3 Å². The van der Waals surface area contributed by atoms with E-state index in [1.54, 1.807) is 0 Å². The van der Waals surface area contributed by atoms with Gasteiger partial charge in [-0.2, -0.15) is 0 Å². The van der Waals surface area contributed by atoms with E-state index >= 15 is 0 Å². The van der Waals surface area contributed by atoms with Crippen LogP contribution in [-0.2, 0) is 10.0 Å². The van der Waals surface area contributed by atoms with Crippen molar-refractivity contribution in [3.05, 3.63) is 42.9 Å². The van der Waals surface area contributed by atoms with Crippen LogP contribution in [0.3, 0.4) is 0 Å². The van der Waals surface area contributed by atoms with Crippen molar-refractivity contribution in [2.45, 2.75) is 4.90 Å². The summed E-state index contributed by atoms with van der Waals surface area (Å²) in [5, 5.41) is 0. The van der Waals surface area contributed by atoms with E-state index in [2.05, 4.69) is 14.7 Å². The van der Waals surface area contributed by atoms with Crippen molar-refractivity contribution in [2.24, 2.45) is 0 Å². The number of aromatic nitrogens is 2. The Hall–Kier alpha value is -1.15. The van der Waals surface area contributed by atoms with Crippen LogP contribution in [-0.4, -0.2) is 47.9 Å². The predicted molar refractivity (Wildman–Crippen MR) is 69.4 cm³/mol. The molecule has 0 fully saturated rings. The molecule has 0 aliphatic heterocycles. The number of hydrogen-bond donors (Lipinski definition) is 2. The van der Waals surface area contributed by atoms with Crippen LogP contribution in [0.25, 0.3) is 0 Å². The van der Waals surface area contributed by atoms with Gasteiger partial charge in [-0.15, -0.1) is 0 Å². The molecule has 0 aliphatic rings. The quantitative estimate of drug-likeness (QED) is 0.626. The average Bonchev–Trinajstić information content (AvgIpc) is 2.30. The summed E-state index contributed by atoms with van der Waals surface area (Å²) in [4.78, 5) is 7.72. The molecule has 0 amide bonds. The molecule has 0 unspecified atom stereocenters. The standard InChI is InChI=1S/C10H10N4O2S.Na/c11-8-1-3-9(4-2-8)17(15,16)14-10-7-12-5-6-13-10;/h1-7H,11H2,(H,13,14);. The third-order valence-electron chi connectivity index (χ3n) is 1.99. The van der Waals surface area contributed by atoms with E-state index in [9.17, 15) is 8.42 Å². The SMILES string of the molecule is Nc1ccc(S(=O)(=O)Nc2cnccn2)cc1.[Na]. The summed E-state index contributed by atoms with van der Waals surface area (Å²) in [7, 11) is -3.64. The zero-order chi connectivity index (χ0) is 12.3. The second-order valence-corrected chi connectivity index (χ2v) is 4.95. The summed E-state index contributed by atoms with van der Waals surface area (Å²) in [5.41, 5.74) is 5.99. The normalized spacial score (nSPS) is 10.4. The Labute approximate surface area is 127 Å². The van der Waals surface area contributed by atoms with E-state index in [1.807, 2.05) is 0 Å². The van der Waals surface area contributed by atoms with Crippen LogP contribution < -0.4 is 10.5 Å². The molecule has 1 radical (unpaired) electrons. The first-order valence-corrected chi connectivity index (χ1v) is 6.20. The maximum absolute atomic E-state index is 11.9. The van der Waals surface area contributed by atoms with Crippen LogP contribution >= 0.6 is 0 Å². The Bertz CT molecular complexity index is 602. The minimum Gasteiger partial charge on any atom is -0.399 e. The Balaban J connectivity index is 0.00000162. The van der Waals surface area contributed by atoms with Gasteiger partial charge in [0.15, 0.2) is 5.82 Å². The van der Waals surface area contributed by atoms with Gasteiger partial charge in [0.2, 0.25) is 0 Å². The van der Waals surface area contributed by atoms with E-state index < -0.39 is 10.0 Å². The molecule has 6 nitrogen and oxygen atoms in total. The first-order valence-electron chi connectivity index (χ1n) is 4.72. The number of hydrogen-bond acceptors (Lipinski definition) is 5. The monoisotopic (exact) mass is 273 g/mol. The van der Waals surface area contributed by atoms with Gasteiger partial charge in [-0.3, -0.25) is 9.71 Å². The summed E-state index contributed by atoms with van der Waals surface area (Å²) in [6.07, 6.45) is 4.19. The molecule has 89 valence electrons. The maximum Gasteiger partial charge on any atom is 0.263 e. The number of benzene rings is 1. The van der Waals surface area contributed by atoms with Gasteiger partial charge < -0.3 is 5.73 Å². The van der Waals surface area contributed by atoms with Gasteiger partial charge in [-0.05, 0) is 24.3 Å². The molecule has 3 N–H and O–H groups in total. The number of rotatable bonds is 3. The topological polar surface area (TPSA) is 98.0 Å². The Kier molecular flexibility index (Phi) is 5.09. The van der Waals surface area contributed by atoms with Gasteiger partial charge in [0, 0.05) is 47.6 Å². The van der Waals surface area contributed by atoms with Crippen molar-refractivity contribution in [3.8, 4) is 0 Å². The number of nitrogen functional groups attached to an aromatic ring is 1. The van der Waals surface area contributed by atoms with Gasteiger partial charge >= 0.3 is 0 Å². The fourth-order valence-corrected chi connectivity index (χ4v) is 2.19. The van der Waals surface area contributed by atoms with Crippen LogP contribution in [0.1, 0.15) is 0 Å². The summed E-state index contributed by atoms with van der Waals surface area (Å²) < 4.78 is 26.1. The van der Waals surface area contributed by atoms with Crippen molar-refractivity contribution in [3.63, 3.8) is 0 Å². The fraction of sp³-hybridized carbons (Fsp3) is 0. The molecule has 8 heteroatoms. The van der Waals surface area contributed by atoms with Crippen molar-refractivity contribution in [1.29, 1.82) is 0 Å². The Morgan fingerprint density at radius 1 is 1.11 bits per heavy atom. The number of sulfonamides is 1. The molecular weight excluding hydrogens is 263 g/mol. The summed E-state index contributed by atoms with van der Waals surface area (Å²) in [6.45, 7) is 0. The largest absolute Gasteiger partial charge is 0.399 e. The first kappa shape index (κ1) is 14.9. The van der Waals surface area contributed by atoms with Gasteiger partial charge in [0.25, 0.3) is 10.0 Å². The number of nitrogens with two attached hydrogens (primary N) is 1. The zero-order valence-corrected chi connectivity index (χ0v) is 12.6. The van der Waals surface area contributed by atoms with Crippen LogP contribution in [0.4, 0.5) is 11.5 Å². The molecule has 1 aromatic heterocycles. The molecule has 0 aliphatic carbocycles. The summed E-state index contributed by atoms with van der Waals surface area (Å²) in [5.74, 6) is 0.171. The molecule has 0 atom stereocenters. The van der Waals surface area contributed by atoms with Crippen LogP contribution in [0.2, 0.25) is 0 Å². The number of nitrogens with one attached hydrogen (secondary N) is 1. The van der Waals surface area contributed by atoms with Gasteiger partial charge in [0.05, 0.1) is 11.1 Å². The van der Waals surface area contributed by atoms with E-state index in [1.165, 1.54) is 42.9 Å². The molecule has 2 rings (SSSR count). The second kappa shape index (κ2) is 6.14. The number of anilines is 2. The van der Waals surface area contributed by atoms with E-state index in [0.29, 0.717) is 5.69 Å². The summed E-state index contributed by atoms with van der Waals surface area (Å²) >= 11 is 0. The smallest absolute Gasteiger partial charge is 0.263 e. The zero-order valence-electron chi connectivity index (χ0n) is 9.74. The van der Waals surface area contributed by atoms with Crippen molar-refractivity contribution in [1.82, 2.24) is 9.97 Å². The van der Waals surface area contributed by atoms with E-state index in [4.69, 9.17) is 5.73 Å². The molecular formula is C10H10N4NaO2S. The molecule has 1 heterocycles. The van der Waals surface area contributed by atoms with Crippen LogP contribution in [0.15, 0.2) is 47.8 Å². The van der Waals surface area contributed by atoms with Crippen molar-refractivity contribution < 1.29 is 8.42 Å². The molecule has 0 saturated heterocycles. The molecule has 2 aromatic rings. The predicted octanol–water partition coefficient (Wildman–Crippen LogP) is 0.479. The Morgan fingerprint density at radius 3 is 2.33 bits per heavy atom. The van der Waals surface area contributed by atoms with Gasteiger partial charge in [-0.25, -0.2) is 13.4 Å². The molecule has 18 heavy (non-hydrogen) atoms. The second-order valence-electron chi connectivity index (χ2n) is 3.27. The Morgan fingerprint density at radius 2 is 1.78 bits per heavy atom. The van der Waals surface area contributed by atoms with Gasteiger partial charge in [-0.1, -0.05) is 0 Å². The van der Waals surface area contributed by atoms with Crippen LogP contribution in [0.5, 0.6) is 0 Å². The molecule has 0 bridgehead atoms. The van der Waals surface area contributed by atoms with Crippen LogP contribution in [0, 0.1) is 0 Å². The minimum atomic E-state index is -3.64. The molecule has 0 spiro atoms. The maximum atomic E-state index is 11.9. The molecule has 1 aromatic carbocycles. The van der Waals surface area contributed by atoms with E-state index in [0.717, 1.165) is 0 Å². The minimum absolute atomic E-state index is 0. The van der Waals surface area contributed by atoms with Crippen molar-refractivity contribution >= 4 is 51.1 Å². The first-order chi connectivity index (χ1) is 8.08. The van der Waals surface area contributed by atoms with Crippen molar-refractivity contribution in [2.75, 3.05) is 10.5 Å².